The van der Waals surface area contributed by atoms with Gasteiger partial charge in [-0.05, 0) is 6.92 Å². The van der Waals surface area contributed by atoms with E-state index < -0.39 is 77.9 Å². The minimum atomic E-state index is -3.23. The van der Waals surface area contributed by atoms with E-state index in [9.17, 15) is 39.3 Å². The number of carbonyl (C=O) groups is 5. The molecule has 0 amide bonds. The molecular formula is C14H16O10. The molecule has 5 atom stereocenters. The summed E-state index contributed by atoms with van der Waals surface area (Å²) in [7, 11) is 0. The molecule has 10 heteroatoms. The maximum atomic E-state index is 12.7. The van der Waals surface area contributed by atoms with Crippen LogP contribution in [-0.4, -0.2) is 80.0 Å². The molecule has 0 bridgehead atoms. The molecule has 10 nitrogen and oxygen atoms in total. The van der Waals surface area contributed by atoms with Crippen molar-refractivity contribution in [3.8, 4) is 0 Å². The minimum Gasteiger partial charge on any atom is -0.394 e. The lowest BCUT2D eigenvalue weighted by Gasteiger charge is -2.36. The molecule has 0 aromatic carbocycles. The summed E-state index contributed by atoms with van der Waals surface area (Å²) in [6.45, 7) is -0.0982. The van der Waals surface area contributed by atoms with Crippen molar-refractivity contribution in [1.29, 1.82) is 0 Å². The third kappa shape index (κ3) is 2.34. The van der Waals surface area contributed by atoms with Gasteiger partial charge in [0.15, 0.2) is 11.2 Å². The van der Waals surface area contributed by atoms with Crippen molar-refractivity contribution in [3.05, 3.63) is 0 Å². The lowest BCUT2D eigenvalue weighted by molar-refractivity contribution is -0.230. The van der Waals surface area contributed by atoms with Gasteiger partial charge in [0.25, 0.3) is 5.79 Å². The standard InChI is InChI=1S/C14H16O10/c1-5(16)13(3-6(17)2-7(18)10(13)20)12(22)14(23)11(21)9(19)8(4-15)24-14/h8-9,11,15,19,21,23H,2-4H2,1H3/t8-,9-,11-,13?,14+/m1/s1. The van der Waals surface area contributed by atoms with Gasteiger partial charge in [-0.1, -0.05) is 0 Å². The Hall–Kier alpha value is -1.85. The summed E-state index contributed by atoms with van der Waals surface area (Å²) >= 11 is 0. The van der Waals surface area contributed by atoms with Gasteiger partial charge in [-0.15, -0.1) is 0 Å². The summed E-state index contributed by atoms with van der Waals surface area (Å²) in [6.07, 6.45) is -7.48. The highest BCUT2D eigenvalue weighted by molar-refractivity contribution is 6.53. The maximum Gasteiger partial charge on any atom is 0.258 e. The number of aliphatic hydroxyl groups excluding tert-OH is 3. The second-order valence-electron chi connectivity index (χ2n) is 5.91. The zero-order chi connectivity index (χ0) is 18.4. The lowest BCUT2D eigenvalue weighted by atomic mass is 9.64. The molecule has 1 unspecified atom stereocenters. The van der Waals surface area contributed by atoms with Crippen molar-refractivity contribution >= 4 is 28.9 Å². The van der Waals surface area contributed by atoms with Gasteiger partial charge in [-0.25, -0.2) is 0 Å². The Morgan fingerprint density at radius 2 is 1.83 bits per heavy atom. The fourth-order valence-corrected chi connectivity index (χ4v) is 3.01. The Balaban J connectivity index is 2.55. The summed E-state index contributed by atoms with van der Waals surface area (Å²) in [6, 6.07) is 0. The SMILES string of the molecule is CC(=O)C1(C(=O)[C@@]2(O)O[C@H](CO)[C@@H](O)[C@H]2O)CC(=O)CC(=O)C1=O. The van der Waals surface area contributed by atoms with Gasteiger partial charge in [-0.2, -0.15) is 0 Å². The van der Waals surface area contributed by atoms with Gasteiger partial charge in [0.2, 0.25) is 17.3 Å². The first-order valence-corrected chi connectivity index (χ1v) is 7.04. The maximum absolute atomic E-state index is 12.7. The number of rotatable bonds is 4. The van der Waals surface area contributed by atoms with Crippen molar-refractivity contribution in [3.63, 3.8) is 0 Å². The fraction of sp³-hybridized carbons (Fsp3) is 0.643. The average Bonchev–Trinajstić information content (AvgIpc) is 2.74. The second kappa shape index (κ2) is 5.90. The number of carbonyl (C=O) groups excluding carboxylic acids is 5. The highest BCUT2D eigenvalue weighted by Gasteiger charge is 2.68. The van der Waals surface area contributed by atoms with Crippen molar-refractivity contribution in [2.45, 2.75) is 43.9 Å². The van der Waals surface area contributed by atoms with Crippen molar-refractivity contribution in [1.82, 2.24) is 0 Å². The van der Waals surface area contributed by atoms with Gasteiger partial charge in [0.1, 0.15) is 24.1 Å². The van der Waals surface area contributed by atoms with Gasteiger partial charge in [-0.3, -0.25) is 24.0 Å². The summed E-state index contributed by atoms with van der Waals surface area (Å²) in [4.78, 5) is 60.3. The van der Waals surface area contributed by atoms with E-state index in [0.29, 0.717) is 0 Å². The Morgan fingerprint density at radius 1 is 1.25 bits per heavy atom. The van der Waals surface area contributed by atoms with Gasteiger partial charge < -0.3 is 25.2 Å². The molecule has 2 rings (SSSR count). The highest BCUT2D eigenvalue weighted by atomic mass is 16.7. The van der Waals surface area contributed by atoms with Crippen LogP contribution < -0.4 is 0 Å². The Bertz CT molecular complexity index is 639. The molecule has 0 radical (unpaired) electrons. The minimum absolute atomic E-state index is 0.773. The smallest absolute Gasteiger partial charge is 0.258 e. The quantitative estimate of drug-likeness (QED) is 0.295. The van der Waals surface area contributed by atoms with Crippen LogP contribution in [0.5, 0.6) is 0 Å². The van der Waals surface area contributed by atoms with Gasteiger partial charge in [0.05, 0.1) is 13.0 Å². The topological polar surface area (TPSA) is 176 Å². The number of hydrogen-bond donors (Lipinski definition) is 4. The molecule has 24 heavy (non-hydrogen) atoms. The summed E-state index contributed by atoms with van der Waals surface area (Å²) in [5.74, 6) is -9.73. The van der Waals surface area contributed by atoms with E-state index in [1.54, 1.807) is 0 Å². The zero-order valence-corrected chi connectivity index (χ0v) is 12.6. The van der Waals surface area contributed by atoms with E-state index in [2.05, 4.69) is 0 Å². The molecule has 0 spiro atoms. The predicted molar refractivity (Wildman–Crippen MR) is 71.3 cm³/mol. The average molecular weight is 344 g/mol. The van der Waals surface area contributed by atoms with Crippen LogP contribution in [-0.2, 0) is 28.7 Å². The number of ether oxygens (including phenoxy) is 1. The summed E-state index contributed by atoms with van der Waals surface area (Å²) in [5.41, 5.74) is -2.83. The van der Waals surface area contributed by atoms with Crippen LogP contribution in [0, 0.1) is 5.41 Å². The van der Waals surface area contributed by atoms with Crippen molar-refractivity contribution < 1.29 is 49.1 Å². The van der Waals surface area contributed by atoms with Crippen LogP contribution in [0.25, 0.3) is 0 Å². The highest BCUT2D eigenvalue weighted by Crippen LogP contribution is 2.41. The Kier molecular flexibility index (Phi) is 4.55. The van der Waals surface area contributed by atoms with E-state index in [0.717, 1.165) is 6.92 Å². The van der Waals surface area contributed by atoms with Crippen LogP contribution >= 0.6 is 0 Å². The predicted octanol–water partition coefficient (Wildman–Crippen LogP) is -3.57. The number of ketones is 5. The molecule has 1 aliphatic heterocycles. The Morgan fingerprint density at radius 3 is 2.29 bits per heavy atom. The van der Waals surface area contributed by atoms with E-state index >= 15 is 0 Å². The zero-order valence-electron chi connectivity index (χ0n) is 12.6. The third-order valence-corrected chi connectivity index (χ3v) is 4.39. The first-order chi connectivity index (χ1) is 11.0. The molecule has 1 aliphatic carbocycles. The second-order valence-corrected chi connectivity index (χ2v) is 5.91. The third-order valence-electron chi connectivity index (χ3n) is 4.39. The van der Waals surface area contributed by atoms with Crippen molar-refractivity contribution in [2.24, 2.45) is 5.41 Å². The fourth-order valence-electron chi connectivity index (χ4n) is 3.01. The number of hydrogen-bond acceptors (Lipinski definition) is 10. The molecule has 0 aromatic rings. The van der Waals surface area contributed by atoms with Crippen LogP contribution in [0.2, 0.25) is 0 Å². The molecule has 4 N–H and O–H groups in total. The first-order valence-electron chi connectivity index (χ1n) is 7.04. The van der Waals surface area contributed by atoms with E-state index in [1.807, 2.05) is 0 Å². The lowest BCUT2D eigenvalue weighted by Crippen LogP contribution is -2.63. The molecule has 1 saturated heterocycles. The monoisotopic (exact) mass is 344 g/mol. The number of Topliss-reactive ketones (excluding diaryl/α,β-unsaturated/α-hetero) is 5. The molecule has 132 valence electrons. The van der Waals surface area contributed by atoms with Crippen LogP contribution in [0.15, 0.2) is 0 Å². The Labute approximate surface area is 135 Å². The molecule has 0 aromatic heterocycles. The molecule has 1 saturated carbocycles. The van der Waals surface area contributed by atoms with Gasteiger partial charge >= 0.3 is 0 Å². The summed E-state index contributed by atoms with van der Waals surface area (Å²) < 4.78 is 4.76. The largest absolute Gasteiger partial charge is 0.394 e. The first kappa shape index (κ1) is 18.5. The molecule has 1 heterocycles. The van der Waals surface area contributed by atoms with Gasteiger partial charge in [0, 0.05) is 6.42 Å². The normalized spacial score (nSPS) is 40.0. The van der Waals surface area contributed by atoms with Crippen LogP contribution in [0.3, 0.4) is 0 Å². The van der Waals surface area contributed by atoms with E-state index in [-0.39, 0.29) is 0 Å². The van der Waals surface area contributed by atoms with E-state index in [1.165, 1.54) is 0 Å². The van der Waals surface area contributed by atoms with Crippen LogP contribution in [0.4, 0.5) is 0 Å². The van der Waals surface area contributed by atoms with Crippen molar-refractivity contribution in [2.75, 3.05) is 6.61 Å². The molecule has 2 aliphatic rings. The number of aliphatic hydroxyl groups is 4. The molecular weight excluding hydrogens is 328 g/mol. The van der Waals surface area contributed by atoms with E-state index in [4.69, 9.17) is 9.84 Å². The van der Waals surface area contributed by atoms with Crippen LogP contribution in [0.1, 0.15) is 19.8 Å². The summed E-state index contributed by atoms with van der Waals surface area (Å²) in [5, 5.41) is 38.9. The molecule has 2 fully saturated rings.